The number of thioether (sulfide) groups is 1. The van der Waals surface area contributed by atoms with E-state index in [1.54, 1.807) is 0 Å². The first-order valence-electron chi connectivity index (χ1n) is 8.69. The highest BCUT2D eigenvalue weighted by Gasteiger charge is 2.48. The third-order valence-corrected chi connectivity index (χ3v) is 7.86. The van der Waals surface area contributed by atoms with Crippen molar-refractivity contribution in [3.63, 3.8) is 0 Å². The Labute approximate surface area is 153 Å². The van der Waals surface area contributed by atoms with E-state index in [-0.39, 0.29) is 28.7 Å². The van der Waals surface area contributed by atoms with Gasteiger partial charge in [0.25, 0.3) is 0 Å². The number of amidine groups is 1. The number of benzene rings is 1. The van der Waals surface area contributed by atoms with Crippen LogP contribution >= 0.6 is 11.8 Å². The van der Waals surface area contributed by atoms with Crippen molar-refractivity contribution in [2.75, 3.05) is 11.5 Å². The standard InChI is InChI=1S/C18H24N2O3S2/c1-3-4-5-17(21)19-18-20(10-14-8-6-13(2)7-9-14)15-11-25(22,23)12-16(15)24-18/h6-9,15-16H,3-5,10-12H2,1-2H3. The van der Waals surface area contributed by atoms with Gasteiger partial charge in [-0.2, -0.15) is 4.99 Å². The molecule has 5 nitrogen and oxygen atoms in total. The lowest BCUT2D eigenvalue weighted by atomic mass is 10.1. The van der Waals surface area contributed by atoms with Crippen LogP contribution in [0.5, 0.6) is 0 Å². The molecule has 0 spiro atoms. The summed E-state index contributed by atoms with van der Waals surface area (Å²) in [7, 11) is -3.01. The first-order valence-corrected chi connectivity index (χ1v) is 11.4. The van der Waals surface area contributed by atoms with Crippen molar-refractivity contribution in [3.05, 3.63) is 35.4 Å². The zero-order chi connectivity index (χ0) is 18.0. The quantitative estimate of drug-likeness (QED) is 0.786. The van der Waals surface area contributed by atoms with Crippen LogP contribution in [0, 0.1) is 6.92 Å². The summed E-state index contributed by atoms with van der Waals surface area (Å²) < 4.78 is 24.0. The van der Waals surface area contributed by atoms with Gasteiger partial charge in [0.15, 0.2) is 15.0 Å². The molecule has 136 valence electrons. The average molecular weight is 381 g/mol. The third-order valence-electron chi connectivity index (χ3n) is 4.61. The third kappa shape index (κ3) is 4.44. The topological polar surface area (TPSA) is 66.8 Å². The van der Waals surface area contributed by atoms with Gasteiger partial charge in [-0.3, -0.25) is 4.79 Å². The van der Waals surface area contributed by atoms with Gasteiger partial charge in [-0.1, -0.05) is 54.9 Å². The molecule has 0 aromatic heterocycles. The molecular formula is C18H24N2O3S2. The van der Waals surface area contributed by atoms with Gasteiger partial charge in [-0.05, 0) is 18.9 Å². The van der Waals surface area contributed by atoms with E-state index in [1.807, 2.05) is 43.0 Å². The molecule has 0 N–H and O–H groups in total. The molecule has 1 aromatic rings. The number of nitrogens with zero attached hydrogens (tertiary/aromatic N) is 2. The maximum absolute atomic E-state index is 12.1. The highest BCUT2D eigenvalue weighted by Crippen LogP contribution is 2.39. The summed E-state index contributed by atoms with van der Waals surface area (Å²) >= 11 is 1.45. The SMILES string of the molecule is CCCCC(=O)N=C1SC2CS(=O)(=O)CC2N1Cc1ccc(C)cc1. The highest BCUT2D eigenvalue weighted by molar-refractivity contribution is 8.15. The summed E-state index contributed by atoms with van der Waals surface area (Å²) in [5.41, 5.74) is 2.29. The number of amides is 1. The predicted octanol–water partition coefficient (Wildman–Crippen LogP) is 2.78. The van der Waals surface area contributed by atoms with E-state index in [4.69, 9.17) is 0 Å². The number of unbranched alkanes of at least 4 members (excludes halogenated alkanes) is 1. The molecule has 0 aliphatic carbocycles. The number of rotatable bonds is 5. The van der Waals surface area contributed by atoms with Crippen molar-refractivity contribution in [3.8, 4) is 0 Å². The molecule has 1 aromatic carbocycles. The minimum atomic E-state index is -3.01. The Morgan fingerprint density at radius 3 is 2.68 bits per heavy atom. The molecule has 2 unspecified atom stereocenters. The van der Waals surface area contributed by atoms with Crippen molar-refractivity contribution in [2.45, 2.75) is 50.9 Å². The van der Waals surface area contributed by atoms with Gasteiger partial charge in [0, 0.05) is 18.2 Å². The Bertz CT molecular complexity index is 772. The molecule has 2 heterocycles. The predicted molar refractivity (Wildman–Crippen MR) is 103 cm³/mol. The number of carbonyl (C=O) groups is 1. The molecule has 3 rings (SSSR count). The summed E-state index contributed by atoms with van der Waals surface area (Å²) in [5, 5.41) is 0.666. The molecule has 2 saturated heterocycles. The van der Waals surface area contributed by atoms with Crippen molar-refractivity contribution in [2.24, 2.45) is 4.99 Å². The molecule has 2 fully saturated rings. The molecule has 2 aliphatic heterocycles. The number of carbonyl (C=O) groups excluding carboxylic acids is 1. The second kappa shape index (κ2) is 7.50. The summed E-state index contributed by atoms with van der Waals surface area (Å²) in [4.78, 5) is 18.4. The highest BCUT2D eigenvalue weighted by atomic mass is 32.2. The van der Waals surface area contributed by atoms with E-state index < -0.39 is 9.84 Å². The van der Waals surface area contributed by atoms with Crippen LogP contribution in [0.3, 0.4) is 0 Å². The summed E-state index contributed by atoms with van der Waals surface area (Å²) in [5.74, 6) is 0.217. The van der Waals surface area contributed by atoms with Crippen molar-refractivity contribution in [1.82, 2.24) is 4.90 Å². The second-order valence-electron chi connectivity index (χ2n) is 6.81. The number of aryl methyl sites for hydroxylation is 1. The molecule has 2 atom stereocenters. The van der Waals surface area contributed by atoms with Crippen LogP contribution in [0.15, 0.2) is 29.3 Å². The van der Waals surface area contributed by atoms with Gasteiger partial charge < -0.3 is 4.90 Å². The molecule has 2 aliphatic rings. The molecule has 0 radical (unpaired) electrons. The Hall–Kier alpha value is -1.34. The minimum Gasteiger partial charge on any atom is -0.342 e. The average Bonchev–Trinajstić information content (AvgIpc) is 3.00. The lowest BCUT2D eigenvalue weighted by Gasteiger charge is -2.24. The fraction of sp³-hybridized carbons (Fsp3) is 0.556. The zero-order valence-corrected chi connectivity index (χ0v) is 16.3. The minimum absolute atomic E-state index is 0.0202. The van der Waals surface area contributed by atoms with Gasteiger partial charge in [0.05, 0.1) is 17.5 Å². The Kier molecular flexibility index (Phi) is 5.53. The van der Waals surface area contributed by atoms with Crippen molar-refractivity contribution < 1.29 is 13.2 Å². The fourth-order valence-electron chi connectivity index (χ4n) is 3.20. The van der Waals surface area contributed by atoms with Crippen LogP contribution in [0.4, 0.5) is 0 Å². The van der Waals surface area contributed by atoms with Crippen molar-refractivity contribution in [1.29, 1.82) is 0 Å². The van der Waals surface area contributed by atoms with Gasteiger partial charge in [0.1, 0.15) is 0 Å². The zero-order valence-electron chi connectivity index (χ0n) is 14.6. The van der Waals surface area contributed by atoms with E-state index in [9.17, 15) is 13.2 Å². The first-order chi connectivity index (χ1) is 11.9. The van der Waals surface area contributed by atoms with Crippen LogP contribution in [0.1, 0.15) is 37.3 Å². The summed E-state index contributed by atoms with van der Waals surface area (Å²) in [6.07, 6.45) is 2.24. The lowest BCUT2D eigenvalue weighted by Crippen LogP contribution is -2.37. The number of aliphatic imine (C=N–C) groups is 1. The van der Waals surface area contributed by atoms with Crippen LogP contribution in [-0.4, -0.2) is 47.2 Å². The van der Waals surface area contributed by atoms with Gasteiger partial charge in [0.2, 0.25) is 5.91 Å². The van der Waals surface area contributed by atoms with Gasteiger partial charge in [-0.15, -0.1) is 0 Å². The molecule has 7 heteroatoms. The monoisotopic (exact) mass is 380 g/mol. The second-order valence-corrected chi connectivity index (χ2v) is 10.2. The van der Waals surface area contributed by atoms with E-state index in [1.165, 1.54) is 17.3 Å². The smallest absolute Gasteiger partial charge is 0.248 e. The van der Waals surface area contributed by atoms with Crippen LogP contribution in [-0.2, 0) is 21.2 Å². The van der Waals surface area contributed by atoms with Crippen molar-refractivity contribution >= 4 is 32.7 Å². The number of hydrogen-bond donors (Lipinski definition) is 0. The van der Waals surface area contributed by atoms with Crippen LogP contribution in [0.2, 0.25) is 0 Å². The Morgan fingerprint density at radius 1 is 1.28 bits per heavy atom. The lowest BCUT2D eigenvalue weighted by molar-refractivity contribution is -0.117. The fourth-order valence-corrected chi connectivity index (χ4v) is 7.17. The molecule has 1 amide bonds. The van der Waals surface area contributed by atoms with Gasteiger partial charge in [-0.25, -0.2) is 8.42 Å². The Balaban J connectivity index is 1.83. The maximum atomic E-state index is 12.1. The van der Waals surface area contributed by atoms with E-state index >= 15 is 0 Å². The maximum Gasteiger partial charge on any atom is 0.248 e. The van der Waals surface area contributed by atoms with E-state index in [0.717, 1.165) is 18.4 Å². The van der Waals surface area contributed by atoms with Gasteiger partial charge >= 0.3 is 0 Å². The summed E-state index contributed by atoms with van der Waals surface area (Å²) in [6.45, 7) is 4.67. The number of sulfone groups is 1. The normalized spacial score (nSPS) is 26.2. The summed E-state index contributed by atoms with van der Waals surface area (Å²) in [6, 6.07) is 8.10. The largest absolute Gasteiger partial charge is 0.342 e. The van der Waals surface area contributed by atoms with E-state index in [0.29, 0.717) is 18.1 Å². The molecular weight excluding hydrogens is 356 g/mol. The molecule has 0 saturated carbocycles. The van der Waals surface area contributed by atoms with E-state index in [2.05, 4.69) is 4.99 Å². The number of fused-ring (bicyclic) bond motifs is 1. The van der Waals surface area contributed by atoms with Crippen LogP contribution < -0.4 is 0 Å². The number of hydrogen-bond acceptors (Lipinski definition) is 4. The first kappa shape index (κ1) is 18.5. The molecule has 0 bridgehead atoms. The van der Waals surface area contributed by atoms with Crippen LogP contribution in [0.25, 0.3) is 0 Å². The Morgan fingerprint density at radius 2 is 2.00 bits per heavy atom. The molecule has 25 heavy (non-hydrogen) atoms.